The van der Waals surface area contributed by atoms with Crippen LogP contribution in [-0.2, 0) is 26.4 Å². The summed E-state index contributed by atoms with van der Waals surface area (Å²) in [4.78, 5) is 15.2. The summed E-state index contributed by atoms with van der Waals surface area (Å²) in [6.45, 7) is 2.60. The van der Waals surface area contributed by atoms with Crippen LogP contribution < -0.4 is 4.72 Å². The summed E-state index contributed by atoms with van der Waals surface area (Å²) in [7, 11) is -3.32. The molecule has 1 amide bonds. The van der Waals surface area contributed by atoms with Crippen molar-refractivity contribution in [2.24, 2.45) is 0 Å². The van der Waals surface area contributed by atoms with Crippen LogP contribution in [0.3, 0.4) is 0 Å². The average Bonchev–Trinajstić information content (AvgIpc) is 3.18. The summed E-state index contributed by atoms with van der Waals surface area (Å²) in [5.74, 6) is -0.0562. The third-order valence-electron chi connectivity index (χ3n) is 6.21. The van der Waals surface area contributed by atoms with Gasteiger partial charge in [-0.15, -0.1) is 0 Å². The maximum absolute atomic E-state index is 13.5. The predicted molar refractivity (Wildman–Crippen MR) is 108 cm³/mol. The fourth-order valence-electron chi connectivity index (χ4n) is 4.68. The number of carbonyl (C=O) groups is 1. The molecule has 0 aromatic heterocycles. The van der Waals surface area contributed by atoms with E-state index in [4.69, 9.17) is 0 Å². The second kappa shape index (κ2) is 8.86. The molecule has 0 bridgehead atoms. The first-order chi connectivity index (χ1) is 14.1. The highest BCUT2D eigenvalue weighted by Crippen LogP contribution is 2.44. The van der Waals surface area contributed by atoms with E-state index in [0.717, 1.165) is 25.0 Å². The Bertz CT molecular complexity index is 856. The van der Waals surface area contributed by atoms with Gasteiger partial charge in [-0.3, -0.25) is 4.79 Å². The van der Waals surface area contributed by atoms with Gasteiger partial charge in [0.05, 0.1) is 16.7 Å². The van der Waals surface area contributed by atoms with E-state index >= 15 is 0 Å². The first-order valence-electron chi connectivity index (χ1n) is 10.5. The van der Waals surface area contributed by atoms with Gasteiger partial charge in [0.2, 0.25) is 15.9 Å². The Morgan fingerprint density at radius 3 is 2.40 bits per heavy atom. The lowest BCUT2D eigenvalue weighted by molar-refractivity contribution is -0.140. The molecule has 1 N–H and O–H groups in total. The Morgan fingerprint density at radius 1 is 1.20 bits per heavy atom. The van der Waals surface area contributed by atoms with Gasteiger partial charge in [0.1, 0.15) is 0 Å². The molecule has 1 aliphatic carbocycles. The number of hydrogen-bond acceptors (Lipinski definition) is 3. The van der Waals surface area contributed by atoms with E-state index < -0.39 is 27.2 Å². The summed E-state index contributed by atoms with van der Waals surface area (Å²) in [6, 6.07) is 4.95. The standard InChI is InChI=1S/C21H29F3N2O3S/c1-2-14-30(28,29)25-18-8-12-26(13-9-18)19(27)20(10-3-4-11-20)16-6-5-7-17(15-16)21(22,23)24/h5-7,15,18,25H,2-4,8-14H2,1H3. The second-order valence-corrected chi connectivity index (χ2v) is 10.2. The molecule has 1 saturated carbocycles. The molecule has 0 radical (unpaired) electrons. The number of hydrogen-bond donors (Lipinski definition) is 1. The van der Waals surface area contributed by atoms with E-state index in [9.17, 15) is 26.4 Å². The number of halogens is 3. The van der Waals surface area contributed by atoms with Crippen molar-refractivity contribution < 1.29 is 26.4 Å². The number of amides is 1. The number of piperidine rings is 1. The minimum absolute atomic E-state index is 0.0742. The van der Waals surface area contributed by atoms with Crippen molar-refractivity contribution in [3.8, 4) is 0 Å². The minimum atomic E-state index is -4.45. The SMILES string of the molecule is CCCS(=O)(=O)NC1CCN(C(=O)C2(c3cccc(C(F)(F)F)c3)CCCC2)CC1. The third kappa shape index (κ3) is 4.99. The second-order valence-electron chi connectivity index (χ2n) is 8.37. The number of nitrogens with zero attached hydrogens (tertiary/aromatic N) is 1. The predicted octanol–water partition coefficient (Wildman–Crippen LogP) is 3.84. The summed E-state index contributed by atoms with van der Waals surface area (Å²) in [5.41, 5.74) is -1.22. The Labute approximate surface area is 176 Å². The van der Waals surface area contributed by atoms with Crippen LogP contribution in [0.25, 0.3) is 0 Å². The maximum atomic E-state index is 13.5. The molecular weight excluding hydrogens is 417 g/mol. The Hall–Kier alpha value is -1.61. The van der Waals surface area contributed by atoms with E-state index in [1.54, 1.807) is 17.9 Å². The number of nitrogens with one attached hydrogen (secondary N) is 1. The zero-order valence-electron chi connectivity index (χ0n) is 17.2. The lowest BCUT2D eigenvalue weighted by Crippen LogP contribution is -2.52. The smallest absolute Gasteiger partial charge is 0.342 e. The van der Waals surface area contributed by atoms with Gasteiger partial charge in [0.15, 0.2) is 0 Å². The van der Waals surface area contributed by atoms with Crippen LogP contribution in [0, 0.1) is 0 Å². The topological polar surface area (TPSA) is 66.5 Å². The number of likely N-dealkylation sites (tertiary alicyclic amines) is 1. The number of rotatable bonds is 6. The van der Waals surface area contributed by atoms with Gasteiger partial charge in [-0.2, -0.15) is 13.2 Å². The summed E-state index contributed by atoms with van der Waals surface area (Å²) in [6.07, 6.45) is -0.226. The minimum Gasteiger partial charge on any atom is -0.342 e. The van der Waals surface area contributed by atoms with Gasteiger partial charge >= 0.3 is 6.18 Å². The van der Waals surface area contributed by atoms with E-state index in [2.05, 4.69) is 4.72 Å². The molecule has 0 unspecified atom stereocenters. The maximum Gasteiger partial charge on any atom is 0.416 e. The Morgan fingerprint density at radius 2 is 1.83 bits per heavy atom. The van der Waals surface area contributed by atoms with Crippen molar-refractivity contribution >= 4 is 15.9 Å². The van der Waals surface area contributed by atoms with Crippen LogP contribution in [0.2, 0.25) is 0 Å². The molecule has 30 heavy (non-hydrogen) atoms. The molecule has 1 saturated heterocycles. The van der Waals surface area contributed by atoms with Crippen LogP contribution in [0.1, 0.15) is 63.0 Å². The highest BCUT2D eigenvalue weighted by Gasteiger charge is 2.46. The van der Waals surface area contributed by atoms with Crippen molar-refractivity contribution in [3.05, 3.63) is 35.4 Å². The molecule has 1 aliphatic heterocycles. The highest BCUT2D eigenvalue weighted by atomic mass is 32.2. The highest BCUT2D eigenvalue weighted by molar-refractivity contribution is 7.89. The molecular formula is C21H29F3N2O3S. The van der Waals surface area contributed by atoms with Gasteiger partial charge in [-0.1, -0.05) is 38.0 Å². The number of alkyl halides is 3. The Kier molecular flexibility index (Phi) is 6.81. The zero-order chi connectivity index (χ0) is 22.0. The molecule has 3 rings (SSSR count). The largest absolute Gasteiger partial charge is 0.416 e. The molecule has 168 valence electrons. The molecule has 1 heterocycles. The average molecular weight is 447 g/mol. The quantitative estimate of drug-likeness (QED) is 0.722. The van der Waals surface area contributed by atoms with Crippen molar-refractivity contribution in [2.75, 3.05) is 18.8 Å². The molecule has 5 nitrogen and oxygen atoms in total. The first-order valence-corrected chi connectivity index (χ1v) is 12.2. The van der Waals surface area contributed by atoms with Gasteiger partial charge in [-0.05, 0) is 43.7 Å². The summed E-state index contributed by atoms with van der Waals surface area (Å²) < 4.78 is 66.3. The lowest BCUT2D eigenvalue weighted by atomic mass is 9.76. The Balaban J connectivity index is 1.75. The van der Waals surface area contributed by atoms with Crippen LogP contribution in [-0.4, -0.2) is 44.1 Å². The normalized spacial score (nSPS) is 20.5. The first kappa shape index (κ1) is 23.1. The summed E-state index contributed by atoms with van der Waals surface area (Å²) in [5, 5.41) is 0. The molecule has 0 atom stereocenters. The van der Waals surface area contributed by atoms with Crippen molar-refractivity contribution in [2.45, 2.75) is 69.5 Å². The van der Waals surface area contributed by atoms with E-state index in [0.29, 0.717) is 50.8 Å². The summed E-state index contributed by atoms with van der Waals surface area (Å²) >= 11 is 0. The zero-order valence-corrected chi connectivity index (χ0v) is 18.0. The van der Waals surface area contributed by atoms with Crippen LogP contribution in [0.4, 0.5) is 13.2 Å². The lowest BCUT2D eigenvalue weighted by Gasteiger charge is -2.39. The monoisotopic (exact) mass is 446 g/mol. The molecule has 1 aromatic rings. The fraction of sp³-hybridized carbons (Fsp3) is 0.667. The van der Waals surface area contributed by atoms with Crippen molar-refractivity contribution in [1.29, 1.82) is 0 Å². The molecule has 0 spiro atoms. The van der Waals surface area contributed by atoms with Crippen LogP contribution in [0.5, 0.6) is 0 Å². The van der Waals surface area contributed by atoms with Gasteiger partial charge in [0.25, 0.3) is 0 Å². The van der Waals surface area contributed by atoms with Crippen molar-refractivity contribution in [3.63, 3.8) is 0 Å². The molecule has 2 aliphatic rings. The van der Waals surface area contributed by atoms with Gasteiger partial charge < -0.3 is 4.90 Å². The molecule has 2 fully saturated rings. The number of sulfonamides is 1. The van der Waals surface area contributed by atoms with E-state index in [1.165, 1.54) is 6.07 Å². The molecule has 9 heteroatoms. The fourth-order valence-corrected chi connectivity index (χ4v) is 6.08. The van der Waals surface area contributed by atoms with Crippen LogP contribution in [0.15, 0.2) is 24.3 Å². The van der Waals surface area contributed by atoms with E-state index in [-0.39, 0.29) is 17.7 Å². The van der Waals surface area contributed by atoms with E-state index in [1.807, 2.05) is 0 Å². The van der Waals surface area contributed by atoms with Crippen molar-refractivity contribution in [1.82, 2.24) is 9.62 Å². The van der Waals surface area contributed by atoms with Gasteiger partial charge in [-0.25, -0.2) is 13.1 Å². The third-order valence-corrected chi connectivity index (χ3v) is 7.85. The van der Waals surface area contributed by atoms with Crippen LogP contribution >= 0.6 is 0 Å². The molecule has 1 aromatic carbocycles. The van der Waals surface area contributed by atoms with Gasteiger partial charge in [0, 0.05) is 19.1 Å². The number of carbonyl (C=O) groups excluding carboxylic acids is 1. The number of benzene rings is 1.